The lowest BCUT2D eigenvalue weighted by Gasteiger charge is -2.06. The predicted molar refractivity (Wildman–Crippen MR) is 107 cm³/mol. The van der Waals surface area contributed by atoms with Crippen LogP contribution in [0.4, 0.5) is 5.69 Å². The molecule has 0 radical (unpaired) electrons. The smallest absolute Gasteiger partial charge is 0.330 e. The number of thiophene rings is 1. The molecule has 1 aromatic heterocycles. The fraction of sp³-hybridized carbons (Fsp3) is 0.250. The number of hydrogen-bond donors (Lipinski definition) is 2. The third-order valence-electron chi connectivity index (χ3n) is 3.54. The van der Waals surface area contributed by atoms with Crippen LogP contribution >= 0.6 is 11.3 Å². The maximum atomic E-state index is 12.0. The van der Waals surface area contributed by atoms with Crippen molar-refractivity contribution >= 4 is 40.9 Å². The van der Waals surface area contributed by atoms with Crippen LogP contribution in [0.25, 0.3) is 6.08 Å². The van der Waals surface area contributed by atoms with E-state index in [0.717, 1.165) is 5.56 Å². The number of carbonyl (C=O) groups is 3. The molecule has 0 saturated heterocycles. The highest BCUT2D eigenvalue weighted by Crippen LogP contribution is 2.11. The number of ether oxygens (including phenoxy) is 1. The van der Waals surface area contributed by atoms with E-state index in [0.29, 0.717) is 37.2 Å². The van der Waals surface area contributed by atoms with Gasteiger partial charge >= 0.3 is 5.97 Å². The second kappa shape index (κ2) is 10.9. The molecule has 0 saturated carbocycles. The third kappa shape index (κ3) is 7.45. The van der Waals surface area contributed by atoms with Gasteiger partial charge in [-0.05, 0) is 48.6 Å². The zero-order valence-electron chi connectivity index (χ0n) is 15.1. The van der Waals surface area contributed by atoms with E-state index in [1.807, 2.05) is 5.38 Å². The first-order valence-electron chi connectivity index (χ1n) is 8.63. The standard InChI is InChI=1S/C20H22N2O4S/c1-2-26-19(24)10-7-15-5-8-17(9-6-15)22-18(23)4-3-12-21-20(25)16-11-13-27-14-16/h5-11,13-14H,2-4,12H2,1H3,(H,21,25)(H,22,23)/b10-7+. The molecule has 0 atom stereocenters. The molecule has 142 valence electrons. The average molecular weight is 386 g/mol. The largest absolute Gasteiger partial charge is 0.463 e. The van der Waals surface area contributed by atoms with E-state index in [9.17, 15) is 14.4 Å². The molecule has 27 heavy (non-hydrogen) atoms. The van der Waals surface area contributed by atoms with E-state index in [-0.39, 0.29) is 17.8 Å². The van der Waals surface area contributed by atoms with Crippen molar-refractivity contribution in [2.24, 2.45) is 0 Å². The van der Waals surface area contributed by atoms with E-state index in [1.165, 1.54) is 17.4 Å². The lowest BCUT2D eigenvalue weighted by molar-refractivity contribution is -0.137. The molecule has 1 heterocycles. The van der Waals surface area contributed by atoms with Gasteiger partial charge in [0.1, 0.15) is 0 Å². The van der Waals surface area contributed by atoms with Crippen LogP contribution in [0, 0.1) is 0 Å². The SMILES string of the molecule is CCOC(=O)/C=C/c1ccc(NC(=O)CCCNC(=O)c2ccsc2)cc1. The van der Waals surface area contributed by atoms with Crippen LogP contribution in [0.2, 0.25) is 0 Å². The predicted octanol–water partition coefficient (Wildman–Crippen LogP) is 3.47. The Morgan fingerprint density at radius 1 is 1.15 bits per heavy atom. The first-order valence-corrected chi connectivity index (χ1v) is 9.58. The Balaban J connectivity index is 1.69. The second-order valence-corrected chi connectivity index (χ2v) is 6.41. The van der Waals surface area contributed by atoms with E-state index < -0.39 is 0 Å². The van der Waals surface area contributed by atoms with Gasteiger partial charge in [-0.25, -0.2) is 4.79 Å². The number of carbonyl (C=O) groups excluding carboxylic acids is 3. The molecule has 0 spiro atoms. The monoisotopic (exact) mass is 386 g/mol. The van der Waals surface area contributed by atoms with Gasteiger partial charge in [0.15, 0.2) is 0 Å². The van der Waals surface area contributed by atoms with Gasteiger partial charge in [0.25, 0.3) is 5.91 Å². The Labute approximate surface area is 162 Å². The lowest BCUT2D eigenvalue weighted by Crippen LogP contribution is -2.25. The Hall–Kier alpha value is -2.93. The minimum Gasteiger partial charge on any atom is -0.463 e. The van der Waals surface area contributed by atoms with E-state index >= 15 is 0 Å². The second-order valence-electron chi connectivity index (χ2n) is 5.63. The van der Waals surface area contributed by atoms with E-state index in [4.69, 9.17) is 4.74 Å². The number of amides is 2. The highest BCUT2D eigenvalue weighted by molar-refractivity contribution is 7.08. The summed E-state index contributed by atoms with van der Waals surface area (Å²) in [5.74, 6) is -0.626. The summed E-state index contributed by atoms with van der Waals surface area (Å²) < 4.78 is 4.81. The maximum Gasteiger partial charge on any atom is 0.330 e. The van der Waals surface area contributed by atoms with E-state index in [1.54, 1.807) is 48.7 Å². The molecule has 2 N–H and O–H groups in total. The van der Waals surface area contributed by atoms with Crippen molar-refractivity contribution in [1.29, 1.82) is 0 Å². The molecular formula is C20H22N2O4S. The van der Waals surface area contributed by atoms with Gasteiger partial charge in [-0.2, -0.15) is 11.3 Å². The lowest BCUT2D eigenvalue weighted by atomic mass is 10.2. The van der Waals surface area contributed by atoms with Crippen LogP contribution in [0.3, 0.4) is 0 Å². The summed E-state index contributed by atoms with van der Waals surface area (Å²) in [5, 5.41) is 9.22. The molecule has 1 aromatic carbocycles. The van der Waals surface area contributed by atoms with Gasteiger partial charge in [-0.1, -0.05) is 12.1 Å². The zero-order valence-corrected chi connectivity index (χ0v) is 15.9. The van der Waals surface area contributed by atoms with Crippen molar-refractivity contribution < 1.29 is 19.1 Å². The molecule has 0 bridgehead atoms. The van der Waals surface area contributed by atoms with Crippen LogP contribution in [-0.4, -0.2) is 30.9 Å². The summed E-state index contributed by atoms with van der Waals surface area (Å²) in [6, 6.07) is 8.89. The molecule has 0 fully saturated rings. The number of nitrogens with one attached hydrogen (secondary N) is 2. The Morgan fingerprint density at radius 3 is 2.59 bits per heavy atom. The summed E-state index contributed by atoms with van der Waals surface area (Å²) in [6.45, 7) is 2.53. The van der Waals surface area contributed by atoms with Crippen molar-refractivity contribution in [3.63, 3.8) is 0 Å². The van der Waals surface area contributed by atoms with Gasteiger partial charge in [-0.15, -0.1) is 0 Å². The Kier molecular flexibility index (Phi) is 8.25. The first kappa shape index (κ1) is 20.4. The normalized spacial score (nSPS) is 10.6. The number of hydrogen-bond acceptors (Lipinski definition) is 5. The summed E-state index contributed by atoms with van der Waals surface area (Å²) in [5.41, 5.74) is 2.15. The van der Waals surface area contributed by atoms with Crippen molar-refractivity contribution in [3.8, 4) is 0 Å². The van der Waals surface area contributed by atoms with Crippen LogP contribution in [0.15, 0.2) is 47.2 Å². The topological polar surface area (TPSA) is 84.5 Å². The van der Waals surface area contributed by atoms with Gasteiger partial charge in [-0.3, -0.25) is 9.59 Å². The number of anilines is 1. The van der Waals surface area contributed by atoms with Gasteiger partial charge in [0.05, 0.1) is 6.61 Å². The number of esters is 1. The van der Waals surface area contributed by atoms with Crippen LogP contribution in [0.1, 0.15) is 35.7 Å². The maximum absolute atomic E-state index is 12.0. The summed E-state index contributed by atoms with van der Waals surface area (Å²) in [7, 11) is 0. The third-order valence-corrected chi connectivity index (χ3v) is 4.23. The van der Waals surface area contributed by atoms with Gasteiger partial charge in [0.2, 0.25) is 5.91 Å². The van der Waals surface area contributed by atoms with Crippen LogP contribution in [-0.2, 0) is 14.3 Å². The van der Waals surface area contributed by atoms with Gasteiger partial charge in [0, 0.05) is 35.7 Å². The van der Waals surface area contributed by atoms with Crippen molar-refractivity contribution in [2.45, 2.75) is 19.8 Å². The minimum atomic E-state index is -0.388. The van der Waals surface area contributed by atoms with E-state index in [2.05, 4.69) is 10.6 Å². The first-order chi connectivity index (χ1) is 13.1. The molecule has 2 amide bonds. The Morgan fingerprint density at radius 2 is 1.93 bits per heavy atom. The molecular weight excluding hydrogens is 364 g/mol. The summed E-state index contributed by atoms with van der Waals surface area (Å²) >= 11 is 1.47. The molecule has 0 unspecified atom stereocenters. The summed E-state index contributed by atoms with van der Waals surface area (Å²) in [4.78, 5) is 35.0. The molecule has 0 aliphatic heterocycles. The van der Waals surface area contributed by atoms with Crippen molar-refractivity contribution in [3.05, 3.63) is 58.3 Å². The highest BCUT2D eigenvalue weighted by atomic mass is 32.1. The summed E-state index contributed by atoms with van der Waals surface area (Å²) in [6.07, 6.45) is 3.89. The minimum absolute atomic E-state index is 0.116. The molecule has 2 rings (SSSR count). The molecule has 7 heteroatoms. The van der Waals surface area contributed by atoms with Gasteiger partial charge < -0.3 is 15.4 Å². The van der Waals surface area contributed by atoms with Crippen molar-refractivity contribution in [2.75, 3.05) is 18.5 Å². The van der Waals surface area contributed by atoms with Crippen molar-refractivity contribution in [1.82, 2.24) is 5.32 Å². The zero-order chi connectivity index (χ0) is 19.5. The fourth-order valence-electron chi connectivity index (χ4n) is 2.20. The molecule has 6 nitrogen and oxygen atoms in total. The molecule has 0 aliphatic carbocycles. The number of rotatable bonds is 9. The highest BCUT2D eigenvalue weighted by Gasteiger charge is 2.06. The van der Waals surface area contributed by atoms with Crippen LogP contribution < -0.4 is 10.6 Å². The fourth-order valence-corrected chi connectivity index (χ4v) is 2.84. The molecule has 0 aliphatic rings. The van der Waals surface area contributed by atoms with Crippen LogP contribution in [0.5, 0.6) is 0 Å². The Bertz CT molecular complexity index is 783. The average Bonchev–Trinajstić information content (AvgIpc) is 3.20. The molecule has 2 aromatic rings. The number of benzene rings is 1. The quantitative estimate of drug-likeness (QED) is 0.393.